The van der Waals surface area contributed by atoms with Gasteiger partial charge in [-0.05, 0) is 18.1 Å². The minimum Gasteiger partial charge on any atom is -0.362 e. The van der Waals surface area contributed by atoms with Gasteiger partial charge in [-0.3, -0.25) is 9.69 Å². The van der Waals surface area contributed by atoms with Crippen LogP contribution >= 0.6 is 11.3 Å². The van der Waals surface area contributed by atoms with Gasteiger partial charge in [-0.2, -0.15) is 23.4 Å². The van der Waals surface area contributed by atoms with Gasteiger partial charge < -0.3 is 5.32 Å². The lowest BCUT2D eigenvalue weighted by molar-refractivity contribution is -0.137. The van der Waals surface area contributed by atoms with Crippen LogP contribution < -0.4 is 10.2 Å². The van der Waals surface area contributed by atoms with Gasteiger partial charge in [-0.25, -0.2) is 4.98 Å². The van der Waals surface area contributed by atoms with E-state index in [1.165, 1.54) is 17.4 Å². The van der Waals surface area contributed by atoms with Gasteiger partial charge >= 0.3 is 6.18 Å². The number of carbonyl (C=O) groups is 1. The predicted octanol–water partition coefficient (Wildman–Crippen LogP) is 4.78. The van der Waals surface area contributed by atoms with Crippen molar-refractivity contribution >= 4 is 23.1 Å². The molecule has 1 amide bonds. The Labute approximate surface area is 180 Å². The van der Waals surface area contributed by atoms with Gasteiger partial charge in [0.15, 0.2) is 6.17 Å². The zero-order chi connectivity index (χ0) is 21.8. The molecule has 6 nitrogen and oxygen atoms in total. The third-order valence-electron chi connectivity index (χ3n) is 6.16. The van der Waals surface area contributed by atoms with Crippen molar-refractivity contribution < 1.29 is 18.0 Å². The molecular formula is C21H18F3N5OS. The number of anilines is 1. The summed E-state index contributed by atoms with van der Waals surface area (Å²) in [6, 6.07) is 5.23. The molecule has 1 aromatic heterocycles. The van der Waals surface area contributed by atoms with E-state index in [9.17, 15) is 18.0 Å². The molecule has 0 bridgehead atoms. The monoisotopic (exact) mass is 445 g/mol. The number of nitrogens with zero attached hydrogens (tertiary/aromatic N) is 4. The highest BCUT2D eigenvalue weighted by molar-refractivity contribution is 7.07. The van der Waals surface area contributed by atoms with Crippen LogP contribution in [-0.2, 0) is 16.4 Å². The predicted molar refractivity (Wildman–Crippen MR) is 109 cm³/mol. The molecule has 0 aliphatic carbocycles. The molecule has 0 fully saturated rings. The summed E-state index contributed by atoms with van der Waals surface area (Å²) in [7, 11) is 0. The molecule has 0 spiro atoms. The minimum atomic E-state index is -4.49. The summed E-state index contributed by atoms with van der Waals surface area (Å²) in [6.45, 7) is 2.31. The molecule has 3 aliphatic heterocycles. The van der Waals surface area contributed by atoms with Crippen molar-refractivity contribution in [2.45, 2.75) is 37.5 Å². The standard InChI is InChI=1S/C21H18F3N5OS/c1-2-20(12-4-3-5-13(8-12)21(22,23)24)14-9-26-28-18(14)27-15-6-7-29(19(30)17(15)20)16-10-31-11-25-16/h3-5,8-11,18,27H,2,6-7H2,1H3. The number of rotatable bonds is 3. The summed E-state index contributed by atoms with van der Waals surface area (Å²) in [5.41, 5.74) is 2.09. The summed E-state index contributed by atoms with van der Waals surface area (Å²) >= 11 is 1.38. The molecule has 1 aromatic carbocycles. The number of carbonyl (C=O) groups excluding carboxylic acids is 1. The lowest BCUT2D eigenvalue weighted by Crippen LogP contribution is -2.54. The van der Waals surface area contributed by atoms with E-state index in [1.54, 1.807) is 28.1 Å². The highest BCUT2D eigenvalue weighted by atomic mass is 32.1. The van der Waals surface area contributed by atoms with Crippen LogP contribution in [0.1, 0.15) is 30.9 Å². The first kappa shape index (κ1) is 19.9. The number of hydrogen-bond donors (Lipinski definition) is 1. The summed E-state index contributed by atoms with van der Waals surface area (Å²) in [4.78, 5) is 19.6. The lowest BCUT2D eigenvalue weighted by atomic mass is 9.62. The van der Waals surface area contributed by atoms with Crippen molar-refractivity contribution in [1.82, 2.24) is 10.3 Å². The number of aromatic nitrogens is 1. The van der Waals surface area contributed by atoms with E-state index >= 15 is 0 Å². The van der Waals surface area contributed by atoms with Crippen molar-refractivity contribution in [2.75, 3.05) is 11.4 Å². The molecule has 2 atom stereocenters. The Morgan fingerprint density at radius 2 is 2.19 bits per heavy atom. The van der Waals surface area contributed by atoms with E-state index in [-0.39, 0.29) is 5.91 Å². The topological polar surface area (TPSA) is 70.0 Å². The maximum atomic E-state index is 13.8. The molecule has 0 radical (unpaired) electrons. The van der Waals surface area contributed by atoms with E-state index in [0.717, 1.165) is 12.1 Å². The van der Waals surface area contributed by atoms with Crippen LogP contribution in [0.4, 0.5) is 19.0 Å². The van der Waals surface area contributed by atoms with Gasteiger partial charge in [0.1, 0.15) is 5.82 Å². The molecule has 10 heteroatoms. The van der Waals surface area contributed by atoms with Crippen molar-refractivity contribution in [3.8, 4) is 0 Å². The molecule has 5 rings (SSSR count). The Hall–Kier alpha value is -3.01. The van der Waals surface area contributed by atoms with Crippen LogP contribution in [0.25, 0.3) is 0 Å². The van der Waals surface area contributed by atoms with Crippen LogP contribution in [0.2, 0.25) is 0 Å². The van der Waals surface area contributed by atoms with Crippen molar-refractivity contribution in [1.29, 1.82) is 0 Å². The minimum absolute atomic E-state index is 0.259. The number of alkyl halides is 3. The second kappa shape index (κ2) is 7.01. The Morgan fingerprint density at radius 3 is 2.90 bits per heavy atom. The van der Waals surface area contributed by atoms with Gasteiger partial charge in [0.2, 0.25) is 0 Å². The van der Waals surface area contributed by atoms with Gasteiger partial charge in [0.25, 0.3) is 5.91 Å². The van der Waals surface area contributed by atoms with Gasteiger partial charge in [0.05, 0.1) is 28.3 Å². The largest absolute Gasteiger partial charge is 0.416 e. The van der Waals surface area contributed by atoms with Crippen molar-refractivity contribution in [3.63, 3.8) is 0 Å². The molecule has 3 aliphatic rings. The van der Waals surface area contributed by atoms with Crippen molar-refractivity contribution in [2.24, 2.45) is 10.2 Å². The van der Waals surface area contributed by atoms with E-state index < -0.39 is 23.3 Å². The van der Waals surface area contributed by atoms with E-state index in [0.29, 0.717) is 47.6 Å². The van der Waals surface area contributed by atoms with Gasteiger partial charge in [-0.15, -0.1) is 11.3 Å². The maximum absolute atomic E-state index is 13.8. The number of amides is 1. The smallest absolute Gasteiger partial charge is 0.362 e. The number of benzene rings is 1. The first-order valence-corrected chi connectivity index (χ1v) is 10.8. The fourth-order valence-corrected chi connectivity index (χ4v) is 5.31. The van der Waals surface area contributed by atoms with E-state index in [1.807, 2.05) is 6.92 Å². The van der Waals surface area contributed by atoms with Crippen LogP contribution in [0, 0.1) is 0 Å². The van der Waals surface area contributed by atoms with Crippen LogP contribution in [0.3, 0.4) is 0 Å². The molecule has 160 valence electrons. The number of azo groups is 1. The second-order valence-electron chi connectivity index (χ2n) is 7.61. The number of fused-ring (bicyclic) bond motifs is 1. The molecule has 0 saturated carbocycles. The normalized spacial score (nSPS) is 25.3. The van der Waals surface area contributed by atoms with Crippen LogP contribution in [-0.4, -0.2) is 23.6 Å². The first-order chi connectivity index (χ1) is 14.9. The zero-order valence-electron chi connectivity index (χ0n) is 16.5. The average Bonchev–Trinajstić information content (AvgIpc) is 3.44. The Balaban J connectivity index is 1.73. The van der Waals surface area contributed by atoms with Gasteiger partial charge in [-0.1, -0.05) is 25.1 Å². The fraction of sp³-hybridized carbons (Fsp3) is 0.333. The number of halogens is 3. The summed E-state index contributed by atoms with van der Waals surface area (Å²) in [6.07, 6.45) is -2.50. The summed E-state index contributed by atoms with van der Waals surface area (Å²) in [5, 5.41) is 13.3. The fourth-order valence-electron chi connectivity index (χ4n) is 4.77. The van der Waals surface area contributed by atoms with Gasteiger partial charge in [0, 0.05) is 29.6 Å². The summed E-state index contributed by atoms with van der Waals surface area (Å²) in [5.74, 6) is 0.289. The van der Waals surface area contributed by atoms with E-state index in [2.05, 4.69) is 20.5 Å². The highest BCUT2D eigenvalue weighted by Crippen LogP contribution is 2.51. The zero-order valence-corrected chi connectivity index (χ0v) is 17.3. The molecular weight excluding hydrogens is 427 g/mol. The Kier molecular flexibility index (Phi) is 4.51. The second-order valence-corrected chi connectivity index (χ2v) is 8.33. The molecule has 1 N–H and O–H groups in total. The first-order valence-electron chi connectivity index (χ1n) is 9.84. The van der Waals surface area contributed by atoms with Crippen molar-refractivity contribution in [3.05, 3.63) is 69.3 Å². The van der Waals surface area contributed by atoms with Crippen LogP contribution in [0.15, 0.2) is 68.4 Å². The third-order valence-corrected chi connectivity index (χ3v) is 6.73. The number of nitrogens with one attached hydrogen (secondary N) is 1. The lowest BCUT2D eigenvalue weighted by Gasteiger charge is -2.47. The van der Waals surface area contributed by atoms with Crippen LogP contribution in [0.5, 0.6) is 0 Å². The third kappa shape index (κ3) is 2.92. The molecule has 4 heterocycles. The maximum Gasteiger partial charge on any atom is 0.416 e. The Bertz CT molecular complexity index is 1140. The number of thiazole rings is 1. The average molecular weight is 445 g/mol. The Morgan fingerprint density at radius 1 is 1.35 bits per heavy atom. The highest BCUT2D eigenvalue weighted by Gasteiger charge is 2.53. The number of hydrogen-bond acceptors (Lipinski definition) is 6. The molecule has 0 saturated heterocycles. The quantitative estimate of drug-likeness (QED) is 0.739. The SMILES string of the molecule is CCC1(c2cccc(C(F)(F)F)c2)C2=CN=NC2NC2=C1C(=O)N(c1cscn1)CC2. The molecule has 2 unspecified atom stereocenters. The van der Waals surface area contributed by atoms with E-state index in [4.69, 9.17) is 0 Å². The molecule has 31 heavy (non-hydrogen) atoms. The summed E-state index contributed by atoms with van der Waals surface area (Å²) < 4.78 is 40.6. The molecule has 2 aromatic rings.